The summed E-state index contributed by atoms with van der Waals surface area (Å²) in [6.07, 6.45) is 3.32. The molecule has 0 saturated carbocycles. The van der Waals surface area contributed by atoms with E-state index in [0.29, 0.717) is 10.7 Å². The summed E-state index contributed by atoms with van der Waals surface area (Å²) >= 11 is 6.33. The maximum absolute atomic E-state index is 12.3. The third-order valence-corrected chi connectivity index (χ3v) is 4.21. The van der Waals surface area contributed by atoms with Crippen molar-refractivity contribution in [1.82, 2.24) is 0 Å². The highest BCUT2D eigenvalue weighted by Crippen LogP contribution is 2.36. The summed E-state index contributed by atoms with van der Waals surface area (Å²) in [4.78, 5) is 24.4. The first-order valence-corrected chi connectivity index (χ1v) is 8.03. The molecule has 1 aromatic carbocycles. The molecule has 0 unspecified atom stereocenters. The Morgan fingerprint density at radius 3 is 2.62 bits per heavy atom. The van der Waals surface area contributed by atoms with Gasteiger partial charge in [0.1, 0.15) is 4.92 Å². The van der Waals surface area contributed by atoms with E-state index in [4.69, 9.17) is 16.0 Å². The molecule has 3 rings (SSSR count). The molecule has 2 heterocycles. The Kier molecular flexibility index (Phi) is 4.71. The minimum atomic E-state index is -0.685. The molecule has 0 radical (unpaired) electrons. The topological polar surface area (TPSA) is 88.6 Å². The van der Waals surface area contributed by atoms with Gasteiger partial charge in [-0.25, -0.2) is 0 Å². The van der Waals surface area contributed by atoms with Crippen molar-refractivity contribution >= 4 is 34.8 Å². The van der Waals surface area contributed by atoms with Crippen LogP contribution in [0.15, 0.2) is 34.7 Å². The van der Waals surface area contributed by atoms with E-state index in [0.717, 1.165) is 37.7 Å². The predicted molar refractivity (Wildman–Crippen MR) is 90.8 cm³/mol. The number of amides is 1. The second kappa shape index (κ2) is 6.92. The monoisotopic (exact) mass is 349 g/mol. The first kappa shape index (κ1) is 16.3. The van der Waals surface area contributed by atoms with Gasteiger partial charge in [-0.2, -0.15) is 0 Å². The molecule has 1 aliphatic rings. The van der Waals surface area contributed by atoms with E-state index in [2.05, 4.69) is 10.2 Å². The van der Waals surface area contributed by atoms with Crippen LogP contribution in [-0.4, -0.2) is 23.9 Å². The zero-order valence-corrected chi connectivity index (χ0v) is 13.6. The number of nitrogens with one attached hydrogen (secondary N) is 1. The number of para-hydroxylation sites is 1. The first-order chi connectivity index (χ1) is 11.6. The van der Waals surface area contributed by atoms with Crippen molar-refractivity contribution < 1.29 is 14.1 Å². The third kappa shape index (κ3) is 3.35. The summed E-state index contributed by atoms with van der Waals surface area (Å²) in [6.45, 7) is 1.75. The fraction of sp³-hybridized carbons (Fsp3) is 0.312. The van der Waals surface area contributed by atoms with Gasteiger partial charge in [-0.3, -0.25) is 14.9 Å². The third-order valence-electron chi connectivity index (χ3n) is 3.90. The lowest BCUT2D eigenvalue weighted by Crippen LogP contribution is -2.30. The molecule has 1 aliphatic heterocycles. The quantitative estimate of drug-likeness (QED) is 0.663. The summed E-state index contributed by atoms with van der Waals surface area (Å²) in [6, 6.07) is 7.71. The van der Waals surface area contributed by atoms with Crippen LogP contribution in [0, 0.1) is 10.1 Å². The van der Waals surface area contributed by atoms with Gasteiger partial charge in [0.05, 0.1) is 22.5 Å². The highest BCUT2D eigenvalue weighted by Gasteiger charge is 2.21. The van der Waals surface area contributed by atoms with Gasteiger partial charge in [0.25, 0.3) is 5.91 Å². The second-order valence-corrected chi connectivity index (χ2v) is 5.94. The zero-order chi connectivity index (χ0) is 17.1. The van der Waals surface area contributed by atoms with Crippen molar-refractivity contribution in [1.29, 1.82) is 0 Å². The van der Waals surface area contributed by atoms with Crippen LogP contribution in [0.4, 0.5) is 17.3 Å². The number of benzene rings is 1. The standard InChI is InChI=1S/C16H16ClN3O4/c17-11-5-4-6-12(15(11)19-9-2-1-3-10-19)18-16(21)13-7-8-14(24-13)20(22)23/h4-8H,1-3,9-10H2,(H,18,21). The second-order valence-electron chi connectivity index (χ2n) is 5.53. The van der Waals surface area contributed by atoms with Crippen LogP contribution >= 0.6 is 11.6 Å². The summed E-state index contributed by atoms with van der Waals surface area (Å²) in [5.41, 5.74) is 1.33. The fourth-order valence-electron chi connectivity index (χ4n) is 2.79. The fourth-order valence-corrected chi connectivity index (χ4v) is 3.08. The highest BCUT2D eigenvalue weighted by molar-refractivity contribution is 6.34. The van der Waals surface area contributed by atoms with Crippen LogP contribution in [0.25, 0.3) is 0 Å². The molecular formula is C16H16ClN3O4. The number of piperidine rings is 1. The number of nitro groups is 1. The van der Waals surface area contributed by atoms with Gasteiger partial charge in [0.2, 0.25) is 0 Å². The maximum atomic E-state index is 12.3. The minimum Gasteiger partial charge on any atom is -0.395 e. The van der Waals surface area contributed by atoms with E-state index in [9.17, 15) is 14.9 Å². The summed E-state index contributed by atoms with van der Waals surface area (Å²) in [5.74, 6) is -1.14. The molecule has 2 aromatic rings. The Balaban J connectivity index is 1.84. The van der Waals surface area contributed by atoms with E-state index in [1.54, 1.807) is 18.2 Å². The number of halogens is 1. The lowest BCUT2D eigenvalue weighted by Gasteiger charge is -2.31. The molecule has 8 heteroatoms. The number of hydrogen-bond acceptors (Lipinski definition) is 5. The summed E-state index contributed by atoms with van der Waals surface area (Å²) in [7, 11) is 0. The van der Waals surface area contributed by atoms with E-state index >= 15 is 0 Å². The van der Waals surface area contributed by atoms with Crippen molar-refractivity contribution in [3.8, 4) is 0 Å². The Labute approximate surface area is 143 Å². The van der Waals surface area contributed by atoms with Crippen LogP contribution in [0.5, 0.6) is 0 Å². The van der Waals surface area contributed by atoms with Gasteiger partial charge < -0.3 is 14.6 Å². The number of carbonyl (C=O) groups is 1. The van der Waals surface area contributed by atoms with Crippen molar-refractivity contribution in [2.45, 2.75) is 19.3 Å². The molecule has 0 aliphatic carbocycles. The Morgan fingerprint density at radius 2 is 1.96 bits per heavy atom. The number of furan rings is 1. The van der Waals surface area contributed by atoms with Gasteiger partial charge in [0.15, 0.2) is 5.76 Å². The normalized spacial score (nSPS) is 14.5. The summed E-state index contributed by atoms with van der Waals surface area (Å²) in [5, 5.41) is 13.9. The van der Waals surface area contributed by atoms with Crippen molar-refractivity contribution in [2.75, 3.05) is 23.3 Å². The van der Waals surface area contributed by atoms with E-state index in [-0.39, 0.29) is 5.76 Å². The van der Waals surface area contributed by atoms with Crippen LogP contribution < -0.4 is 10.2 Å². The number of rotatable bonds is 4. The van der Waals surface area contributed by atoms with Crippen LogP contribution in [-0.2, 0) is 0 Å². The molecule has 0 spiro atoms. The molecule has 1 amide bonds. The number of anilines is 2. The molecule has 24 heavy (non-hydrogen) atoms. The van der Waals surface area contributed by atoms with Gasteiger partial charge in [0, 0.05) is 13.1 Å². The largest absolute Gasteiger partial charge is 0.433 e. The Bertz CT molecular complexity index is 768. The lowest BCUT2D eigenvalue weighted by molar-refractivity contribution is -0.402. The smallest absolute Gasteiger partial charge is 0.395 e. The number of nitrogens with zero attached hydrogens (tertiary/aromatic N) is 2. The van der Waals surface area contributed by atoms with Crippen molar-refractivity contribution in [3.05, 3.63) is 51.2 Å². The van der Waals surface area contributed by atoms with Gasteiger partial charge in [-0.1, -0.05) is 17.7 Å². The SMILES string of the molecule is O=C(Nc1cccc(Cl)c1N1CCCCC1)c1ccc([N+](=O)[O-])o1. The van der Waals surface area contributed by atoms with E-state index in [1.807, 2.05) is 0 Å². The first-order valence-electron chi connectivity index (χ1n) is 7.65. The molecule has 1 N–H and O–H groups in total. The van der Waals surface area contributed by atoms with Crippen LogP contribution in [0.3, 0.4) is 0 Å². The average Bonchev–Trinajstić information content (AvgIpc) is 3.06. The summed E-state index contributed by atoms with van der Waals surface area (Å²) < 4.78 is 4.94. The average molecular weight is 350 g/mol. The molecule has 1 fully saturated rings. The van der Waals surface area contributed by atoms with Gasteiger partial charge in [-0.15, -0.1) is 0 Å². The Morgan fingerprint density at radius 1 is 1.21 bits per heavy atom. The van der Waals surface area contributed by atoms with Crippen molar-refractivity contribution in [3.63, 3.8) is 0 Å². The Hall–Kier alpha value is -2.54. The molecular weight excluding hydrogens is 334 g/mol. The molecule has 126 valence electrons. The van der Waals surface area contributed by atoms with Gasteiger partial charge >= 0.3 is 5.88 Å². The number of carbonyl (C=O) groups excluding carboxylic acids is 1. The maximum Gasteiger partial charge on any atom is 0.433 e. The van der Waals surface area contributed by atoms with E-state index < -0.39 is 16.7 Å². The molecule has 0 atom stereocenters. The van der Waals surface area contributed by atoms with E-state index in [1.165, 1.54) is 12.5 Å². The van der Waals surface area contributed by atoms with Gasteiger partial charge in [-0.05, 0) is 37.5 Å². The molecule has 7 nitrogen and oxygen atoms in total. The minimum absolute atomic E-state index is 0.119. The molecule has 0 bridgehead atoms. The highest BCUT2D eigenvalue weighted by atomic mass is 35.5. The van der Waals surface area contributed by atoms with Crippen LogP contribution in [0.2, 0.25) is 5.02 Å². The molecule has 1 saturated heterocycles. The van der Waals surface area contributed by atoms with Crippen LogP contribution in [0.1, 0.15) is 29.8 Å². The number of hydrogen-bond donors (Lipinski definition) is 1. The lowest BCUT2D eigenvalue weighted by atomic mass is 10.1. The predicted octanol–water partition coefficient (Wildman–Crippen LogP) is 4.08. The zero-order valence-electron chi connectivity index (χ0n) is 12.8. The molecule has 1 aromatic heterocycles. The van der Waals surface area contributed by atoms with Crippen molar-refractivity contribution in [2.24, 2.45) is 0 Å².